The van der Waals surface area contributed by atoms with Crippen LogP contribution in [0.2, 0.25) is 0 Å². The fourth-order valence-corrected chi connectivity index (χ4v) is 13.2. The van der Waals surface area contributed by atoms with Gasteiger partial charge in [-0.05, 0) is 42.5 Å². The van der Waals surface area contributed by atoms with Crippen molar-refractivity contribution < 1.29 is 0 Å². The summed E-state index contributed by atoms with van der Waals surface area (Å²) >= 11 is 15.2. The summed E-state index contributed by atoms with van der Waals surface area (Å²) in [6.45, 7) is 0. The van der Waals surface area contributed by atoms with Crippen LogP contribution in [0.25, 0.3) is 11.4 Å². The molecule has 0 radical (unpaired) electrons. The van der Waals surface area contributed by atoms with E-state index in [1.807, 2.05) is 118 Å². The fraction of sp³-hybridized carbons (Fsp3) is 0.200. The molecule has 2 aromatic heterocycles. The minimum Gasteiger partial charge on any atom is -0.255 e. The number of nitrogens with zero attached hydrogens (tertiary/aromatic N) is 2. The minimum absolute atomic E-state index is 0.914. The van der Waals surface area contributed by atoms with Crippen molar-refractivity contribution in [2.24, 2.45) is 0 Å². The number of thioether (sulfide) groups is 8. The van der Waals surface area contributed by atoms with Gasteiger partial charge in [-0.25, -0.2) is 0 Å². The van der Waals surface area contributed by atoms with E-state index in [9.17, 15) is 0 Å². The fourth-order valence-electron chi connectivity index (χ4n) is 2.50. The maximum Gasteiger partial charge on any atom is 0.0886 e. The lowest BCUT2D eigenvalue weighted by molar-refractivity contribution is 1.21. The Hall–Kier alpha value is 0.320. The van der Waals surface area contributed by atoms with Crippen LogP contribution in [0.15, 0.2) is 68.1 Å². The van der Waals surface area contributed by atoms with Gasteiger partial charge in [-0.15, -0.1) is 47.0 Å². The first-order valence-corrected chi connectivity index (χ1v) is 16.7. The quantitative estimate of drug-likeness (QED) is 0.337. The zero-order valence-electron chi connectivity index (χ0n) is 16.4. The van der Waals surface area contributed by atoms with E-state index in [0.717, 1.165) is 17.1 Å². The number of rotatable bonds is 7. The monoisotopic (exact) mass is 542 g/mol. The van der Waals surface area contributed by atoms with Gasteiger partial charge in [0.25, 0.3) is 0 Å². The van der Waals surface area contributed by atoms with E-state index in [4.69, 9.17) is 0 Å². The van der Waals surface area contributed by atoms with E-state index in [1.165, 1.54) is 31.0 Å². The van der Waals surface area contributed by atoms with Crippen LogP contribution < -0.4 is 0 Å². The van der Waals surface area contributed by atoms with Gasteiger partial charge in [0.05, 0.1) is 36.8 Å². The van der Waals surface area contributed by atoms with Crippen molar-refractivity contribution >= 4 is 94.1 Å². The van der Waals surface area contributed by atoms with Crippen LogP contribution in [0.4, 0.5) is 0 Å². The highest BCUT2D eigenvalue weighted by atomic mass is 32.3. The SMILES string of the molecule is CSC1=C(SC)SC(=C2SC(SC)=C(SCc3ccc(-c4ccccn4)nc3)S2)S1. The van der Waals surface area contributed by atoms with Crippen molar-refractivity contribution in [1.82, 2.24) is 9.97 Å². The largest absolute Gasteiger partial charge is 0.255 e. The third-order valence-electron chi connectivity index (χ3n) is 3.92. The van der Waals surface area contributed by atoms with Gasteiger partial charge >= 0.3 is 0 Å². The predicted octanol–water partition coefficient (Wildman–Crippen LogP) is 8.81. The lowest BCUT2D eigenvalue weighted by Gasteiger charge is -2.05. The summed E-state index contributed by atoms with van der Waals surface area (Å²) < 4.78 is 8.55. The molecule has 30 heavy (non-hydrogen) atoms. The van der Waals surface area contributed by atoms with Crippen molar-refractivity contribution in [3.05, 3.63) is 73.7 Å². The predicted molar refractivity (Wildman–Crippen MR) is 151 cm³/mol. The Balaban J connectivity index is 1.40. The molecule has 0 fully saturated rings. The zero-order valence-corrected chi connectivity index (χ0v) is 22.9. The second-order valence-corrected chi connectivity index (χ2v) is 14.9. The van der Waals surface area contributed by atoms with E-state index in [2.05, 4.69) is 40.9 Å². The molecule has 2 aliphatic rings. The maximum atomic E-state index is 4.61. The molecule has 0 aliphatic carbocycles. The molecule has 0 atom stereocenters. The van der Waals surface area contributed by atoms with Crippen molar-refractivity contribution in [1.29, 1.82) is 0 Å². The Bertz CT molecular complexity index is 981. The number of aromatic nitrogens is 2. The summed E-state index contributed by atoms with van der Waals surface area (Å²) in [6.07, 6.45) is 10.3. The third kappa shape index (κ3) is 5.62. The molecule has 0 bridgehead atoms. The van der Waals surface area contributed by atoms with Gasteiger partial charge in [0.15, 0.2) is 0 Å². The molecule has 2 nitrogen and oxygen atoms in total. The Labute approximate surface area is 211 Å². The van der Waals surface area contributed by atoms with Crippen LogP contribution in [0, 0.1) is 0 Å². The Morgan fingerprint density at radius 2 is 1.30 bits per heavy atom. The molecule has 0 N–H and O–H groups in total. The molecule has 4 heterocycles. The van der Waals surface area contributed by atoms with Crippen molar-refractivity contribution in [2.75, 3.05) is 18.8 Å². The second-order valence-electron chi connectivity index (χ2n) is 5.80. The molecule has 0 saturated heterocycles. The van der Waals surface area contributed by atoms with E-state index in [-0.39, 0.29) is 0 Å². The van der Waals surface area contributed by atoms with Crippen LogP contribution in [-0.2, 0) is 5.75 Å². The molecule has 4 rings (SSSR count). The van der Waals surface area contributed by atoms with E-state index in [1.54, 1.807) is 6.20 Å². The van der Waals surface area contributed by atoms with Crippen molar-refractivity contribution in [3.63, 3.8) is 0 Å². The molecule has 10 heteroatoms. The lowest BCUT2D eigenvalue weighted by Crippen LogP contribution is -1.88. The van der Waals surface area contributed by atoms with Crippen LogP contribution in [0.1, 0.15) is 5.56 Å². The molecule has 0 unspecified atom stereocenters. The molecule has 156 valence electrons. The second kappa shape index (κ2) is 11.4. The van der Waals surface area contributed by atoms with Crippen LogP contribution in [0.3, 0.4) is 0 Å². The summed E-state index contributed by atoms with van der Waals surface area (Å²) in [5.74, 6) is 0.926. The van der Waals surface area contributed by atoms with Gasteiger partial charge in [0.2, 0.25) is 0 Å². The van der Waals surface area contributed by atoms with Crippen molar-refractivity contribution in [3.8, 4) is 11.4 Å². The standard InChI is InChI=1S/C20H18N2S8/c1-23-15-16(24-2)28-19(27-15)20-29-17(25-3)18(30-20)26-11-12-7-8-14(22-10-12)13-6-4-5-9-21-13/h4-10H,11H2,1-3H3. The van der Waals surface area contributed by atoms with E-state index >= 15 is 0 Å². The van der Waals surface area contributed by atoms with E-state index < -0.39 is 0 Å². The molecule has 0 amide bonds. The first kappa shape index (κ1) is 23.5. The molecule has 0 aromatic carbocycles. The van der Waals surface area contributed by atoms with Gasteiger partial charge in [-0.1, -0.05) is 59.2 Å². The average Bonchev–Trinajstić information content (AvgIpc) is 3.42. The molecular formula is C20H18N2S8. The molecule has 0 spiro atoms. The summed E-state index contributed by atoms with van der Waals surface area (Å²) in [7, 11) is 0. The van der Waals surface area contributed by atoms with Gasteiger partial charge in [-0.3, -0.25) is 9.97 Å². The van der Waals surface area contributed by atoms with Gasteiger partial charge in [-0.2, -0.15) is 0 Å². The van der Waals surface area contributed by atoms with Gasteiger partial charge in [0.1, 0.15) is 0 Å². The number of hydrogen-bond acceptors (Lipinski definition) is 10. The summed E-state index contributed by atoms with van der Waals surface area (Å²) in [4.78, 5) is 8.99. The third-order valence-corrected chi connectivity index (χ3v) is 15.1. The highest BCUT2D eigenvalue weighted by Crippen LogP contribution is 2.65. The van der Waals surface area contributed by atoms with Gasteiger partial charge in [0, 0.05) is 18.1 Å². The van der Waals surface area contributed by atoms with Crippen LogP contribution in [0.5, 0.6) is 0 Å². The normalized spacial score (nSPS) is 16.9. The minimum atomic E-state index is 0.914. The topological polar surface area (TPSA) is 25.8 Å². The van der Waals surface area contributed by atoms with Gasteiger partial charge < -0.3 is 0 Å². The Morgan fingerprint density at radius 3 is 1.83 bits per heavy atom. The van der Waals surface area contributed by atoms with E-state index in [0.29, 0.717) is 0 Å². The van der Waals surface area contributed by atoms with Crippen molar-refractivity contribution in [2.45, 2.75) is 5.75 Å². The smallest absolute Gasteiger partial charge is 0.0886 e. The number of pyridine rings is 2. The molecule has 2 aliphatic heterocycles. The highest BCUT2D eigenvalue weighted by Gasteiger charge is 2.29. The molecule has 2 aromatic rings. The Morgan fingerprint density at radius 1 is 0.700 bits per heavy atom. The summed E-state index contributed by atoms with van der Waals surface area (Å²) in [6, 6.07) is 10.1. The highest BCUT2D eigenvalue weighted by molar-refractivity contribution is 8.44. The summed E-state index contributed by atoms with van der Waals surface area (Å²) in [5.41, 5.74) is 3.07. The molecular weight excluding hydrogens is 525 g/mol. The zero-order chi connectivity index (χ0) is 20.9. The first-order valence-electron chi connectivity index (χ1n) is 8.77. The average molecular weight is 543 g/mol. The lowest BCUT2D eigenvalue weighted by atomic mass is 10.2. The summed E-state index contributed by atoms with van der Waals surface area (Å²) in [5, 5.41) is 0. The Kier molecular flexibility index (Phi) is 8.96. The molecule has 0 saturated carbocycles. The van der Waals surface area contributed by atoms with Crippen LogP contribution in [-0.4, -0.2) is 28.7 Å². The first-order chi connectivity index (χ1) is 14.7. The van der Waals surface area contributed by atoms with Crippen LogP contribution >= 0.6 is 94.1 Å². The number of hydrogen-bond donors (Lipinski definition) is 0. The maximum absolute atomic E-state index is 4.61.